The van der Waals surface area contributed by atoms with E-state index in [0.29, 0.717) is 24.1 Å². The fourth-order valence-corrected chi connectivity index (χ4v) is 3.21. The molecule has 0 aliphatic heterocycles. The number of hydrogen-bond donors (Lipinski definition) is 0. The number of aromatic nitrogens is 2. The third kappa shape index (κ3) is 3.34. The first-order valence-electron chi connectivity index (χ1n) is 6.44. The first kappa shape index (κ1) is 14.9. The summed E-state index contributed by atoms with van der Waals surface area (Å²) in [6.45, 7) is 7.31. The van der Waals surface area contributed by atoms with Crippen LogP contribution in [0.25, 0.3) is 10.7 Å². The number of aryl methyl sites for hydroxylation is 1. The van der Waals surface area contributed by atoms with E-state index in [-0.39, 0.29) is 12.5 Å². The molecule has 0 unspecified atom stereocenters. The zero-order chi connectivity index (χ0) is 14.5. The molecule has 108 valence electrons. The van der Waals surface area contributed by atoms with Gasteiger partial charge in [-0.05, 0) is 37.8 Å². The highest BCUT2D eigenvalue weighted by molar-refractivity contribution is 7.14. The number of carbonyl (C=O) groups is 1. The molecule has 2 rings (SSSR count). The topological polar surface area (TPSA) is 55.3 Å². The molecule has 0 saturated heterocycles. The van der Waals surface area contributed by atoms with Crippen molar-refractivity contribution in [1.29, 1.82) is 0 Å². The van der Waals surface area contributed by atoms with Gasteiger partial charge < -0.3 is 9.64 Å². The summed E-state index contributed by atoms with van der Waals surface area (Å²) in [5.41, 5.74) is 1.15. The summed E-state index contributed by atoms with van der Waals surface area (Å²) in [6.07, 6.45) is 0. The van der Waals surface area contributed by atoms with Gasteiger partial charge in [0.05, 0.1) is 4.88 Å². The Morgan fingerprint density at radius 3 is 2.75 bits per heavy atom. The fourth-order valence-electron chi connectivity index (χ4n) is 1.75. The average Bonchev–Trinajstić information content (AvgIpc) is 3.06. The smallest absolute Gasteiger partial charge is 0.294 e. The zero-order valence-electron chi connectivity index (χ0n) is 11.8. The van der Waals surface area contributed by atoms with Crippen LogP contribution in [0.4, 0.5) is 0 Å². The molecule has 2 aromatic rings. The van der Waals surface area contributed by atoms with Crippen molar-refractivity contribution in [2.45, 2.75) is 20.8 Å². The molecule has 0 saturated carbocycles. The van der Waals surface area contributed by atoms with Crippen molar-refractivity contribution in [2.75, 3.05) is 19.7 Å². The van der Waals surface area contributed by atoms with Crippen LogP contribution in [0.1, 0.15) is 19.4 Å². The lowest BCUT2D eigenvalue weighted by atomic mass is 10.3. The minimum absolute atomic E-state index is 0.0136. The van der Waals surface area contributed by atoms with Crippen LogP contribution in [0.5, 0.6) is 5.19 Å². The summed E-state index contributed by atoms with van der Waals surface area (Å²) in [7, 11) is 0. The first-order valence-corrected chi connectivity index (χ1v) is 8.09. The molecule has 0 radical (unpaired) electrons. The number of thiophene rings is 1. The van der Waals surface area contributed by atoms with E-state index in [1.54, 1.807) is 16.2 Å². The number of amides is 1. The van der Waals surface area contributed by atoms with Crippen LogP contribution in [0.15, 0.2) is 11.4 Å². The molecule has 0 atom stereocenters. The molecule has 1 amide bonds. The second-order valence-corrected chi connectivity index (χ2v) is 5.80. The highest BCUT2D eigenvalue weighted by Crippen LogP contribution is 2.29. The van der Waals surface area contributed by atoms with Crippen LogP contribution in [0.3, 0.4) is 0 Å². The number of hydrogen-bond acceptors (Lipinski definition) is 6. The summed E-state index contributed by atoms with van der Waals surface area (Å²) >= 11 is 2.78. The molecule has 2 aromatic heterocycles. The molecule has 2 heterocycles. The van der Waals surface area contributed by atoms with E-state index in [1.807, 2.05) is 32.2 Å². The quantitative estimate of drug-likeness (QED) is 0.823. The van der Waals surface area contributed by atoms with E-state index in [1.165, 1.54) is 11.5 Å². The van der Waals surface area contributed by atoms with Gasteiger partial charge in [-0.1, -0.05) is 0 Å². The van der Waals surface area contributed by atoms with Crippen LogP contribution in [0, 0.1) is 6.92 Å². The predicted octanol–water partition coefficient (Wildman–Crippen LogP) is 2.82. The SMILES string of the molecule is CCN(CC)C(=O)COc1nc(-c2sccc2C)ns1. The molecular weight excluding hydrogens is 294 g/mol. The van der Waals surface area contributed by atoms with E-state index in [9.17, 15) is 4.79 Å². The summed E-state index contributed by atoms with van der Waals surface area (Å²) in [5.74, 6) is 0.645. The van der Waals surface area contributed by atoms with E-state index in [0.717, 1.165) is 10.4 Å². The van der Waals surface area contributed by atoms with Gasteiger partial charge in [0.25, 0.3) is 11.1 Å². The van der Waals surface area contributed by atoms with Crippen LogP contribution >= 0.6 is 22.9 Å². The first-order chi connectivity index (χ1) is 9.65. The van der Waals surface area contributed by atoms with Crippen molar-refractivity contribution in [3.63, 3.8) is 0 Å². The molecule has 0 bridgehead atoms. The molecule has 0 N–H and O–H groups in total. The number of carbonyl (C=O) groups excluding carboxylic acids is 1. The van der Waals surface area contributed by atoms with E-state index < -0.39 is 0 Å². The third-order valence-corrected chi connectivity index (χ3v) is 4.55. The Morgan fingerprint density at radius 2 is 2.15 bits per heavy atom. The molecule has 20 heavy (non-hydrogen) atoms. The summed E-state index contributed by atoms with van der Waals surface area (Å²) in [4.78, 5) is 18.9. The normalized spacial score (nSPS) is 10.6. The van der Waals surface area contributed by atoms with Crippen molar-refractivity contribution in [3.05, 3.63) is 17.0 Å². The highest BCUT2D eigenvalue weighted by Gasteiger charge is 2.14. The van der Waals surface area contributed by atoms with Gasteiger partial charge in [-0.2, -0.15) is 9.36 Å². The van der Waals surface area contributed by atoms with E-state index in [2.05, 4.69) is 9.36 Å². The molecule has 0 spiro atoms. The van der Waals surface area contributed by atoms with E-state index >= 15 is 0 Å². The van der Waals surface area contributed by atoms with Gasteiger partial charge in [0.2, 0.25) is 0 Å². The molecule has 0 aliphatic rings. The Hall–Kier alpha value is -1.47. The van der Waals surface area contributed by atoms with Crippen molar-refractivity contribution in [3.8, 4) is 15.9 Å². The Balaban J connectivity index is 1.97. The van der Waals surface area contributed by atoms with Crippen LogP contribution < -0.4 is 4.74 Å². The second kappa shape index (κ2) is 6.81. The van der Waals surface area contributed by atoms with Crippen molar-refractivity contribution >= 4 is 28.8 Å². The molecule has 5 nitrogen and oxygen atoms in total. The van der Waals surface area contributed by atoms with Gasteiger partial charge in [0.1, 0.15) is 0 Å². The Bertz CT molecular complexity index is 576. The lowest BCUT2D eigenvalue weighted by Crippen LogP contribution is -2.34. The molecule has 0 fully saturated rings. The summed E-state index contributed by atoms with van der Waals surface area (Å²) < 4.78 is 9.70. The summed E-state index contributed by atoms with van der Waals surface area (Å²) in [5, 5.41) is 2.45. The maximum absolute atomic E-state index is 11.8. The number of ether oxygens (including phenoxy) is 1. The van der Waals surface area contributed by atoms with Crippen molar-refractivity contribution in [2.24, 2.45) is 0 Å². The van der Waals surface area contributed by atoms with Crippen LogP contribution in [-0.2, 0) is 4.79 Å². The van der Waals surface area contributed by atoms with Crippen LogP contribution in [-0.4, -0.2) is 39.9 Å². The van der Waals surface area contributed by atoms with Gasteiger partial charge in [0.15, 0.2) is 12.4 Å². The zero-order valence-corrected chi connectivity index (χ0v) is 13.4. The highest BCUT2D eigenvalue weighted by atomic mass is 32.1. The monoisotopic (exact) mass is 311 g/mol. The third-order valence-electron chi connectivity index (χ3n) is 2.91. The molecular formula is C13H17N3O2S2. The van der Waals surface area contributed by atoms with Gasteiger partial charge in [0, 0.05) is 24.6 Å². The predicted molar refractivity (Wildman–Crippen MR) is 81.4 cm³/mol. The largest absolute Gasteiger partial charge is 0.459 e. The molecule has 0 aromatic carbocycles. The lowest BCUT2D eigenvalue weighted by Gasteiger charge is -2.17. The minimum atomic E-state index is -0.0287. The van der Waals surface area contributed by atoms with Crippen molar-refractivity contribution in [1.82, 2.24) is 14.3 Å². The van der Waals surface area contributed by atoms with Gasteiger partial charge >= 0.3 is 0 Å². The van der Waals surface area contributed by atoms with Crippen LogP contribution in [0.2, 0.25) is 0 Å². The maximum Gasteiger partial charge on any atom is 0.294 e. The maximum atomic E-state index is 11.8. The van der Waals surface area contributed by atoms with Gasteiger partial charge in [-0.3, -0.25) is 4.79 Å². The Labute approximate surface area is 126 Å². The summed E-state index contributed by atoms with van der Waals surface area (Å²) in [6, 6.07) is 2.03. The lowest BCUT2D eigenvalue weighted by molar-refractivity contribution is -0.132. The van der Waals surface area contributed by atoms with Gasteiger partial charge in [-0.25, -0.2) is 0 Å². The Kier molecular flexibility index (Phi) is 5.08. The molecule has 7 heteroatoms. The number of likely N-dealkylation sites (N-methyl/N-ethyl adjacent to an activating group) is 1. The average molecular weight is 311 g/mol. The number of nitrogens with zero attached hydrogens (tertiary/aromatic N) is 3. The Morgan fingerprint density at radius 1 is 1.40 bits per heavy atom. The van der Waals surface area contributed by atoms with E-state index in [4.69, 9.17) is 4.74 Å². The standard InChI is InChI=1S/C13H17N3O2S2/c1-4-16(5-2)10(17)8-18-13-14-12(15-20-13)11-9(3)6-7-19-11/h6-7H,4-5,8H2,1-3H3. The number of rotatable bonds is 6. The molecule has 0 aliphatic carbocycles. The fraction of sp³-hybridized carbons (Fsp3) is 0.462. The second-order valence-electron chi connectivity index (χ2n) is 4.17. The van der Waals surface area contributed by atoms with Crippen molar-refractivity contribution < 1.29 is 9.53 Å². The minimum Gasteiger partial charge on any atom is -0.459 e. The van der Waals surface area contributed by atoms with Gasteiger partial charge in [-0.15, -0.1) is 11.3 Å².